The second kappa shape index (κ2) is 3.65. The van der Waals surface area contributed by atoms with E-state index in [-0.39, 0.29) is 17.1 Å². The fraction of sp³-hybridized carbons (Fsp3) is 0.143. The van der Waals surface area contributed by atoms with Gasteiger partial charge in [-0.3, -0.25) is 0 Å². The maximum Gasteiger partial charge on any atom is 0.213 e. The van der Waals surface area contributed by atoms with E-state index in [2.05, 4.69) is 15.9 Å². The Balaban J connectivity index is 3.15. The van der Waals surface area contributed by atoms with Crippen molar-refractivity contribution in [1.29, 1.82) is 0 Å². The summed E-state index contributed by atoms with van der Waals surface area (Å²) >= 11 is 3.12. The van der Waals surface area contributed by atoms with Crippen LogP contribution in [0.3, 0.4) is 0 Å². The molecule has 6 heteroatoms. The summed E-state index contributed by atoms with van der Waals surface area (Å²) < 4.78 is 22.0. The second-order valence-electron chi connectivity index (χ2n) is 2.54. The minimum absolute atomic E-state index is 0.0802. The lowest BCUT2D eigenvalue weighted by molar-refractivity contribution is 0.469. The Hall–Kier alpha value is -0.590. The molecule has 0 bridgehead atoms. The van der Waals surface area contributed by atoms with Crippen LogP contribution in [-0.4, -0.2) is 13.5 Å². The molecule has 0 spiro atoms. The summed E-state index contributed by atoms with van der Waals surface area (Å²) in [5.41, 5.74) is 0.282. The summed E-state index contributed by atoms with van der Waals surface area (Å²) in [5.74, 6) is -0.455. The van der Waals surface area contributed by atoms with Crippen molar-refractivity contribution in [3.8, 4) is 5.75 Å². The first-order chi connectivity index (χ1) is 5.90. The number of hydrogen-bond acceptors (Lipinski definition) is 3. The zero-order valence-electron chi connectivity index (χ0n) is 6.57. The van der Waals surface area contributed by atoms with Gasteiger partial charge in [0.15, 0.2) is 0 Å². The van der Waals surface area contributed by atoms with Crippen LogP contribution in [0.25, 0.3) is 0 Å². The van der Waals surface area contributed by atoms with Gasteiger partial charge in [-0.1, -0.05) is 22.0 Å². The first-order valence-electron chi connectivity index (χ1n) is 3.37. The van der Waals surface area contributed by atoms with Crippen molar-refractivity contribution in [2.24, 2.45) is 5.14 Å². The van der Waals surface area contributed by atoms with Gasteiger partial charge in [-0.2, -0.15) is 0 Å². The van der Waals surface area contributed by atoms with E-state index in [9.17, 15) is 13.5 Å². The first-order valence-corrected chi connectivity index (χ1v) is 5.88. The van der Waals surface area contributed by atoms with Gasteiger partial charge >= 0.3 is 0 Å². The van der Waals surface area contributed by atoms with E-state index >= 15 is 0 Å². The van der Waals surface area contributed by atoms with Crippen LogP contribution in [0.2, 0.25) is 0 Å². The SMILES string of the molecule is NS(=O)(=O)Cc1c(O)cccc1Br. The van der Waals surface area contributed by atoms with E-state index in [1.807, 2.05) is 0 Å². The molecule has 0 aliphatic heterocycles. The molecule has 0 atom stereocenters. The summed E-state index contributed by atoms with van der Waals surface area (Å²) in [5, 5.41) is 14.2. The van der Waals surface area contributed by atoms with Crippen molar-refractivity contribution in [3.63, 3.8) is 0 Å². The predicted molar refractivity (Wildman–Crippen MR) is 52.6 cm³/mol. The van der Waals surface area contributed by atoms with Crippen molar-refractivity contribution in [2.45, 2.75) is 5.75 Å². The van der Waals surface area contributed by atoms with Crippen molar-refractivity contribution >= 4 is 26.0 Å². The molecule has 0 saturated heterocycles. The summed E-state index contributed by atoms with van der Waals surface area (Å²) in [6, 6.07) is 4.65. The Kier molecular flexibility index (Phi) is 2.94. The van der Waals surface area contributed by atoms with Crippen LogP contribution in [0.4, 0.5) is 0 Å². The van der Waals surface area contributed by atoms with Crippen LogP contribution in [0.5, 0.6) is 5.75 Å². The molecule has 0 aliphatic rings. The van der Waals surface area contributed by atoms with Crippen LogP contribution in [0.1, 0.15) is 5.56 Å². The topological polar surface area (TPSA) is 80.4 Å². The Morgan fingerprint density at radius 1 is 1.46 bits per heavy atom. The molecule has 0 amide bonds. The highest BCUT2D eigenvalue weighted by molar-refractivity contribution is 9.10. The number of benzene rings is 1. The molecule has 13 heavy (non-hydrogen) atoms. The lowest BCUT2D eigenvalue weighted by Gasteiger charge is -2.04. The number of rotatable bonds is 2. The number of phenolic OH excluding ortho intramolecular Hbond substituents is 1. The molecule has 1 aromatic carbocycles. The van der Waals surface area contributed by atoms with Gasteiger partial charge in [0.2, 0.25) is 10.0 Å². The molecule has 0 fully saturated rings. The van der Waals surface area contributed by atoms with Gasteiger partial charge < -0.3 is 5.11 Å². The largest absolute Gasteiger partial charge is 0.508 e. The Bertz CT molecular complexity index is 395. The zero-order chi connectivity index (χ0) is 10.1. The average Bonchev–Trinajstić information content (AvgIpc) is 1.95. The summed E-state index contributed by atoms with van der Waals surface area (Å²) in [6.45, 7) is 0. The van der Waals surface area contributed by atoms with Gasteiger partial charge in [0.25, 0.3) is 0 Å². The van der Waals surface area contributed by atoms with E-state index in [4.69, 9.17) is 5.14 Å². The minimum Gasteiger partial charge on any atom is -0.508 e. The molecule has 0 saturated carbocycles. The number of phenols is 1. The van der Waals surface area contributed by atoms with Crippen LogP contribution in [0, 0.1) is 0 Å². The van der Waals surface area contributed by atoms with Gasteiger partial charge in [-0.05, 0) is 12.1 Å². The monoisotopic (exact) mass is 265 g/mol. The molecule has 1 rings (SSSR count). The van der Waals surface area contributed by atoms with Crippen LogP contribution < -0.4 is 5.14 Å². The molecular formula is C7H8BrNO3S. The van der Waals surface area contributed by atoms with Crippen molar-refractivity contribution in [1.82, 2.24) is 0 Å². The highest BCUT2D eigenvalue weighted by Crippen LogP contribution is 2.26. The molecule has 0 aromatic heterocycles. The zero-order valence-corrected chi connectivity index (χ0v) is 8.97. The number of nitrogens with two attached hydrogens (primary N) is 1. The fourth-order valence-electron chi connectivity index (χ4n) is 0.891. The highest BCUT2D eigenvalue weighted by atomic mass is 79.9. The van der Waals surface area contributed by atoms with E-state index in [0.717, 1.165) is 0 Å². The molecule has 0 heterocycles. The highest BCUT2D eigenvalue weighted by Gasteiger charge is 2.12. The Labute approximate surface area is 84.6 Å². The molecule has 1 aromatic rings. The van der Waals surface area contributed by atoms with Gasteiger partial charge in [0.05, 0.1) is 5.75 Å². The van der Waals surface area contributed by atoms with Crippen LogP contribution in [-0.2, 0) is 15.8 Å². The number of primary sulfonamides is 1. The molecule has 0 unspecified atom stereocenters. The summed E-state index contributed by atoms with van der Waals surface area (Å²) in [6.07, 6.45) is 0. The lowest BCUT2D eigenvalue weighted by Crippen LogP contribution is -2.14. The fourth-order valence-corrected chi connectivity index (χ4v) is 2.28. The molecule has 0 radical (unpaired) electrons. The Morgan fingerprint density at radius 2 is 2.08 bits per heavy atom. The minimum atomic E-state index is -3.61. The van der Waals surface area contributed by atoms with E-state index in [0.29, 0.717) is 4.47 Å². The molecule has 72 valence electrons. The third kappa shape index (κ3) is 2.98. The van der Waals surface area contributed by atoms with Crippen LogP contribution in [0.15, 0.2) is 22.7 Å². The van der Waals surface area contributed by atoms with Crippen molar-refractivity contribution in [2.75, 3.05) is 0 Å². The lowest BCUT2D eigenvalue weighted by atomic mass is 10.2. The number of sulfonamides is 1. The standard InChI is InChI=1S/C7H8BrNO3S/c8-6-2-1-3-7(10)5(6)4-13(9,11)12/h1-3,10H,4H2,(H2,9,11,12). The molecule has 0 aliphatic carbocycles. The van der Waals surface area contributed by atoms with E-state index in [1.54, 1.807) is 12.1 Å². The van der Waals surface area contributed by atoms with Gasteiger partial charge in [0, 0.05) is 10.0 Å². The third-order valence-corrected chi connectivity index (χ3v) is 2.87. The molecule has 4 nitrogen and oxygen atoms in total. The normalized spacial score (nSPS) is 11.5. The van der Waals surface area contributed by atoms with Gasteiger partial charge in [-0.15, -0.1) is 0 Å². The van der Waals surface area contributed by atoms with E-state index in [1.165, 1.54) is 6.07 Å². The number of halogens is 1. The smallest absolute Gasteiger partial charge is 0.213 e. The second-order valence-corrected chi connectivity index (χ2v) is 5.01. The van der Waals surface area contributed by atoms with Crippen molar-refractivity contribution < 1.29 is 13.5 Å². The maximum atomic E-state index is 10.8. The van der Waals surface area contributed by atoms with Gasteiger partial charge in [-0.25, -0.2) is 13.6 Å². The summed E-state index contributed by atoms with van der Waals surface area (Å²) in [7, 11) is -3.61. The Morgan fingerprint density at radius 3 is 2.54 bits per heavy atom. The van der Waals surface area contributed by atoms with Crippen LogP contribution >= 0.6 is 15.9 Å². The quantitative estimate of drug-likeness (QED) is 0.836. The predicted octanol–water partition coefficient (Wildman–Crippen LogP) is 0.943. The number of aromatic hydroxyl groups is 1. The average molecular weight is 266 g/mol. The van der Waals surface area contributed by atoms with Gasteiger partial charge in [0.1, 0.15) is 5.75 Å². The van der Waals surface area contributed by atoms with E-state index < -0.39 is 10.0 Å². The molecule has 3 N–H and O–H groups in total. The maximum absolute atomic E-state index is 10.8. The molecular weight excluding hydrogens is 258 g/mol. The van der Waals surface area contributed by atoms with Crippen molar-refractivity contribution in [3.05, 3.63) is 28.2 Å². The number of hydrogen-bond donors (Lipinski definition) is 2. The summed E-state index contributed by atoms with van der Waals surface area (Å²) in [4.78, 5) is 0. The third-order valence-electron chi connectivity index (χ3n) is 1.44. The first kappa shape index (κ1) is 10.5.